The number of hydrogen-bond donors (Lipinski definition) is 0. The molecule has 1 heteroatoms. The molecule has 0 aliphatic heterocycles. The summed E-state index contributed by atoms with van der Waals surface area (Å²) in [5.74, 6) is 0.655. The molecule has 238 valence electrons. The van der Waals surface area contributed by atoms with Gasteiger partial charge in [-0.1, -0.05) is 182 Å². The van der Waals surface area contributed by atoms with Crippen molar-refractivity contribution in [2.75, 3.05) is 0 Å². The van der Waals surface area contributed by atoms with Crippen LogP contribution in [0.4, 0.5) is 0 Å². The molecule has 0 amide bonds. The van der Waals surface area contributed by atoms with Crippen LogP contribution >= 0.6 is 0 Å². The van der Waals surface area contributed by atoms with Crippen LogP contribution in [0.25, 0.3) is 99.1 Å². The molecule has 0 bridgehead atoms. The molecule has 0 saturated carbocycles. The number of fused-ring (bicyclic) bond motifs is 4. The lowest BCUT2D eigenvalue weighted by molar-refractivity contribution is 0.632. The summed E-state index contributed by atoms with van der Waals surface area (Å²) in [7, 11) is 0. The minimum absolute atomic E-state index is 0.156. The summed E-state index contributed by atoms with van der Waals surface area (Å²) in [6.07, 6.45) is 0. The maximum Gasteiger partial charge on any atom is 0.143 e. The fraction of sp³-hybridized carbons (Fsp3) is 0. The fourth-order valence-electron chi connectivity index (χ4n) is 7.52. The van der Waals surface area contributed by atoms with Crippen molar-refractivity contribution in [1.29, 1.82) is 0 Å². The molecule has 0 unspecified atom stereocenters. The van der Waals surface area contributed by atoms with Gasteiger partial charge in [0, 0.05) is 16.5 Å². The standard InChI is InChI=1S/C50H32O/c1-4-17-34(18-5-1)46-38-23-11-10-16-33(38)28-30-43(46)49-41-26-14-12-24-39(41)47(40-25-13-15-27-42(40)49)37-29-31-45-44(32-37)48(35-19-6-2-7-20-35)50(51-45)36-21-8-3-9-22-36/h1-32H/i12D,13D,14D,15D,24D,25D,26D,27D. The molecule has 1 aromatic heterocycles. The SMILES string of the molecule is [2H]c1c([2H])c([2H])c2c(-c3ccc4ccccc4c3-c3ccccc3)c3c([2H])c([2H])c([2H])c([2H])c3c(-c3ccc4oc(-c5ccccc5)c(-c5ccccc5)c4c3)c2c1[2H]. The van der Waals surface area contributed by atoms with E-state index in [0.717, 1.165) is 44.0 Å². The molecule has 0 saturated heterocycles. The van der Waals surface area contributed by atoms with Crippen LogP contribution in [0.3, 0.4) is 0 Å². The second kappa shape index (κ2) is 12.0. The Balaban J connectivity index is 1.43. The summed E-state index contributed by atoms with van der Waals surface area (Å²) < 4.78 is 80.8. The summed E-state index contributed by atoms with van der Waals surface area (Å²) >= 11 is 0. The van der Waals surface area contributed by atoms with Crippen molar-refractivity contribution in [3.8, 4) is 55.8 Å². The molecule has 0 fully saturated rings. The topological polar surface area (TPSA) is 13.1 Å². The van der Waals surface area contributed by atoms with E-state index < -0.39 is 24.2 Å². The maximum atomic E-state index is 9.59. The Kier molecular flexibility index (Phi) is 5.21. The van der Waals surface area contributed by atoms with E-state index in [9.17, 15) is 5.48 Å². The second-order valence-corrected chi connectivity index (χ2v) is 12.6. The van der Waals surface area contributed by atoms with Crippen molar-refractivity contribution < 1.29 is 15.4 Å². The first-order valence-corrected chi connectivity index (χ1v) is 16.9. The van der Waals surface area contributed by atoms with E-state index >= 15 is 0 Å². The predicted molar refractivity (Wildman–Crippen MR) is 216 cm³/mol. The zero-order valence-electron chi connectivity index (χ0n) is 35.3. The van der Waals surface area contributed by atoms with Crippen molar-refractivity contribution in [1.82, 2.24) is 0 Å². The van der Waals surface area contributed by atoms with Crippen molar-refractivity contribution in [3.63, 3.8) is 0 Å². The van der Waals surface area contributed by atoms with Gasteiger partial charge in [0.1, 0.15) is 11.3 Å². The molecule has 1 nitrogen and oxygen atoms in total. The highest BCUT2D eigenvalue weighted by molar-refractivity contribution is 6.24. The van der Waals surface area contributed by atoms with E-state index in [4.69, 9.17) is 9.90 Å². The number of benzene rings is 9. The van der Waals surface area contributed by atoms with Crippen LogP contribution < -0.4 is 0 Å². The Morgan fingerprint density at radius 2 is 0.882 bits per heavy atom. The molecular formula is C50H32O. The van der Waals surface area contributed by atoms with Crippen LogP contribution in [0.15, 0.2) is 198 Å². The molecule has 0 radical (unpaired) electrons. The lowest BCUT2D eigenvalue weighted by Crippen LogP contribution is -1.93. The van der Waals surface area contributed by atoms with E-state index in [0.29, 0.717) is 28.0 Å². The third-order valence-electron chi connectivity index (χ3n) is 9.71. The van der Waals surface area contributed by atoms with Gasteiger partial charge in [-0.15, -0.1) is 0 Å². The van der Waals surface area contributed by atoms with Gasteiger partial charge in [0.15, 0.2) is 0 Å². The summed E-state index contributed by atoms with van der Waals surface area (Å²) in [5.41, 5.74) is 6.49. The van der Waals surface area contributed by atoms with Crippen molar-refractivity contribution in [2.45, 2.75) is 0 Å². The Labute approximate surface area is 307 Å². The largest absolute Gasteiger partial charge is 0.455 e. The zero-order valence-corrected chi connectivity index (χ0v) is 27.3. The van der Waals surface area contributed by atoms with Crippen LogP contribution in [0, 0.1) is 0 Å². The predicted octanol–water partition coefficient (Wildman–Crippen LogP) is 14.2. The zero-order chi connectivity index (χ0) is 40.7. The Hall–Kier alpha value is -6.70. The number of furan rings is 1. The number of hydrogen-bond acceptors (Lipinski definition) is 1. The van der Waals surface area contributed by atoms with Gasteiger partial charge >= 0.3 is 0 Å². The van der Waals surface area contributed by atoms with Crippen molar-refractivity contribution in [3.05, 3.63) is 194 Å². The molecule has 1 heterocycles. The van der Waals surface area contributed by atoms with E-state index in [1.54, 1.807) is 6.07 Å². The smallest absolute Gasteiger partial charge is 0.143 e. The Morgan fingerprint density at radius 1 is 0.353 bits per heavy atom. The summed E-state index contributed by atoms with van der Waals surface area (Å²) in [6.45, 7) is 0. The fourth-order valence-corrected chi connectivity index (χ4v) is 7.52. The first kappa shape index (κ1) is 22.1. The molecule has 51 heavy (non-hydrogen) atoms. The molecule has 0 aliphatic carbocycles. The van der Waals surface area contributed by atoms with Gasteiger partial charge < -0.3 is 4.42 Å². The molecule has 10 aromatic rings. The quantitative estimate of drug-likeness (QED) is 0.168. The van der Waals surface area contributed by atoms with Gasteiger partial charge in [0.05, 0.1) is 11.0 Å². The first-order valence-electron chi connectivity index (χ1n) is 20.9. The highest BCUT2D eigenvalue weighted by Gasteiger charge is 2.22. The molecular weight excluding hydrogens is 617 g/mol. The van der Waals surface area contributed by atoms with Gasteiger partial charge in [0.2, 0.25) is 0 Å². The third kappa shape index (κ3) is 4.78. The van der Waals surface area contributed by atoms with Gasteiger partial charge in [-0.2, -0.15) is 0 Å². The van der Waals surface area contributed by atoms with Crippen molar-refractivity contribution >= 4 is 43.3 Å². The normalized spacial score (nSPS) is 13.7. The first-order chi connectivity index (χ1) is 28.7. The lowest BCUT2D eigenvalue weighted by atomic mass is 9.82. The molecule has 0 N–H and O–H groups in total. The van der Waals surface area contributed by atoms with Gasteiger partial charge in [-0.05, 0) is 83.4 Å². The van der Waals surface area contributed by atoms with Crippen LogP contribution in [0.5, 0.6) is 0 Å². The molecule has 10 rings (SSSR count). The van der Waals surface area contributed by atoms with Crippen LogP contribution in [-0.2, 0) is 0 Å². The Bertz CT molecular complexity index is 3260. The summed E-state index contributed by atoms with van der Waals surface area (Å²) in [5, 5.41) is 3.21. The minimum Gasteiger partial charge on any atom is -0.455 e. The summed E-state index contributed by atoms with van der Waals surface area (Å²) in [6, 6.07) is 43.6. The van der Waals surface area contributed by atoms with E-state index in [1.165, 1.54) is 0 Å². The maximum absolute atomic E-state index is 9.59. The van der Waals surface area contributed by atoms with Gasteiger partial charge in [0.25, 0.3) is 0 Å². The Morgan fingerprint density at radius 3 is 1.51 bits per heavy atom. The lowest BCUT2D eigenvalue weighted by Gasteiger charge is -2.21. The highest BCUT2D eigenvalue weighted by Crippen LogP contribution is 2.49. The molecule has 9 aromatic carbocycles. The monoisotopic (exact) mass is 656 g/mol. The van der Waals surface area contributed by atoms with E-state index in [1.807, 2.05) is 140 Å². The van der Waals surface area contributed by atoms with Crippen LogP contribution in [-0.4, -0.2) is 0 Å². The minimum atomic E-state index is -0.447. The third-order valence-corrected chi connectivity index (χ3v) is 9.71. The highest BCUT2D eigenvalue weighted by atomic mass is 16.3. The number of rotatable bonds is 5. The van der Waals surface area contributed by atoms with Gasteiger partial charge in [-0.3, -0.25) is 0 Å². The van der Waals surface area contributed by atoms with E-state index in [2.05, 4.69) is 0 Å². The second-order valence-electron chi connectivity index (χ2n) is 12.6. The van der Waals surface area contributed by atoms with Crippen molar-refractivity contribution in [2.24, 2.45) is 0 Å². The summed E-state index contributed by atoms with van der Waals surface area (Å²) in [4.78, 5) is 0. The average Bonchev–Trinajstić information content (AvgIpc) is 3.67. The molecule has 0 spiro atoms. The average molecular weight is 657 g/mol. The van der Waals surface area contributed by atoms with Crippen LogP contribution in [0.1, 0.15) is 11.0 Å². The molecule has 0 aliphatic rings. The van der Waals surface area contributed by atoms with Crippen LogP contribution in [0.2, 0.25) is 0 Å². The molecule has 0 atom stereocenters. The van der Waals surface area contributed by atoms with E-state index in [-0.39, 0.29) is 51.3 Å². The van der Waals surface area contributed by atoms with Gasteiger partial charge in [-0.25, -0.2) is 0 Å².